The largest absolute Gasteiger partial charge is 0.459 e. The summed E-state index contributed by atoms with van der Waals surface area (Å²) in [5.41, 5.74) is -10.5. The summed E-state index contributed by atoms with van der Waals surface area (Å²) in [6.07, 6.45) is -18.7. The molecule has 6 unspecified atom stereocenters. The van der Waals surface area contributed by atoms with E-state index in [0.717, 1.165) is 20.8 Å². The number of carbonyl (C=O) groups excluding carboxylic acids is 1. The van der Waals surface area contributed by atoms with E-state index in [1.54, 1.807) is 6.92 Å². The molecular formula is C25H37F9O3. The summed E-state index contributed by atoms with van der Waals surface area (Å²) in [6, 6.07) is 0. The van der Waals surface area contributed by atoms with Crippen LogP contribution in [0.2, 0.25) is 0 Å². The first-order valence-corrected chi connectivity index (χ1v) is 12.3. The Hall–Kier alpha value is -1.20. The minimum atomic E-state index is -5.81. The summed E-state index contributed by atoms with van der Waals surface area (Å²) in [4.78, 5) is 12.7. The molecule has 3 nitrogen and oxygen atoms in total. The van der Waals surface area contributed by atoms with Crippen molar-refractivity contribution in [2.75, 3.05) is 0 Å². The molecule has 2 aliphatic carbocycles. The number of rotatable bonds is 6. The van der Waals surface area contributed by atoms with E-state index in [4.69, 9.17) is 9.47 Å². The van der Waals surface area contributed by atoms with Crippen molar-refractivity contribution in [1.82, 2.24) is 0 Å². The third kappa shape index (κ3) is 6.35. The van der Waals surface area contributed by atoms with Crippen LogP contribution in [0.3, 0.4) is 0 Å². The molecule has 0 aromatic rings. The van der Waals surface area contributed by atoms with Gasteiger partial charge in [0.25, 0.3) is 5.60 Å². The standard InChI is InChI=1S/C25H37F9O3/c1-13-14-9-15(11-22(24(29,30)31,25(32,33)34)37-20(5,6)7)16(10-14)17(13)12-21(8,23(26,27)28)18(35)36-19(2,3)4/h13-17H,9-12H2,1-8H3. The van der Waals surface area contributed by atoms with Crippen molar-refractivity contribution in [3.05, 3.63) is 0 Å². The van der Waals surface area contributed by atoms with Crippen molar-refractivity contribution in [2.24, 2.45) is 35.0 Å². The van der Waals surface area contributed by atoms with Crippen LogP contribution in [0.4, 0.5) is 39.5 Å². The van der Waals surface area contributed by atoms with E-state index < -0.39 is 83.2 Å². The first-order valence-electron chi connectivity index (χ1n) is 12.3. The Morgan fingerprint density at radius 3 is 1.57 bits per heavy atom. The lowest BCUT2D eigenvalue weighted by molar-refractivity contribution is -0.404. The van der Waals surface area contributed by atoms with Crippen LogP contribution in [-0.2, 0) is 14.3 Å². The lowest BCUT2D eigenvalue weighted by atomic mass is 9.65. The molecule has 12 heteroatoms. The highest BCUT2D eigenvalue weighted by atomic mass is 19.4. The van der Waals surface area contributed by atoms with Gasteiger partial charge in [-0.05, 0) is 104 Å². The zero-order valence-electron chi connectivity index (χ0n) is 22.3. The third-order valence-electron chi connectivity index (χ3n) is 7.82. The molecule has 2 fully saturated rings. The molecule has 2 bridgehead atoms. The molecule has 6 atom stereocenters. The third-order valence-corrected chi connectivity index (χ3v) is 7.82. The highest BCUT2D eigenvalue weighted by Crippen LogP contribution is 2.63. The fourth-order valence-corrected chi connectivity index (χ4v) is 6.09. The van der Waals surface area contributed by atoms with E-state index in [1.165, 1.54) is 20.8 Å². The molecule has 218 valence electrons. The highest BCUT2D eigenvalue weighted by Gasteiger charge is 2.74. The van der Waals surface area contributed by atoms with Gasteiger partial charge in [-0.3, -0.25) is 4.79 Å². The number of halogens is 9. The summed E-state index contributed by atoms with van der Waals surface area (Å²) in [7, 11) is 0. The average molecular weight is 557 g/mol. The number of hydrogen-bond donors (Lipinski definition) is 0. The second-order valence-corrected chi connectivity index (χ2v) is 13.0. The molecule has 0 heterocycles. The second-order valence-electron chi connectivity index (χ2n) is 13.0. The molecule has 2 rings (SSSR count). The zero-order valence-corrected chi connectivity index (χ0v) is 22.3. The van der Waals surface area contributed by atoms with Gasteiger partial charge in [0.05, 0.1) is 5.60 Å². The molecule has 0 saturated heterocycles. The number of alkyl halides is 9. The second kappa shape index (κ2) is 9.47. The van der Waals surface area contributed by atoms with Crippen LogP contribution < -0.4 is 0 Å². The quantitative estimate of drug-likeness (QED) is 0.244. The molecule has 0 spiro atoms. The van der Waals surface area contributed by atoms with Crippen LogP contribution in [0, 0.1) is 35.0 Å². The van der Waals surface area contributed by atoms with Crippen LogP contribution in [0.5, 0.6) is 0 Å². The van der Waals surface area contributed by atoms with E-state index in [9.17, 15) is 44.3 Å². The fraction of sp³-hybridized carbons (Fsp3) is 0.960. The van der Waals surface area contributed by atoms with Gasteiger partial charge < -0.3 is 9.47 Å². The average Bonchev–Trinajstić information content (AvgIpc) is 3.14. The van der Waals surface area contributed by atoms with E-state index in [-0.39, 0.29) is 18.8 Å². The van der Waals surface area contributed by atoms with Crippen LogP contribution >= 0.6 is 0 Å². The summed E-state index contributed by atoms with van der Waals surface area (Å²) in [5, 5.41) is 0. The Kier molecular flexibility index (Phi) is 8.19. The lowest BCUT2D eigenvalue weighted by Gasteiger charge is -2.46. The minimum absolute atomic E-state index is 0.0128. The predicted octanol–water partition coefficient (Wildman–Crippen LogP) is 8.26. The Balaban J connectivity index is 2.46. The number of carbonyl (C=O) groups is 1. The monoisotopic (exact) mass is 556 g/mol. The summed E-state index contributed by atoms with van der Waals surface area (Å²) in [5.74, 6) is -5.26. The van der Waals surface area contributed by atoms with Crippen molar-refractivity contribution in [3.63, 3.8) is 0 Å². The van der Waals surface area contributed by atoms with E-state index in [2.05, 4.69) is 0 Å². The van der Waals surface area contributed by atoms with E-state index in [1.807, 2.05) is 0 Å². The van der Waals surface area contributed by atoms with Gasteiger partial charge in [0.15, 0.2) is 5.41 Å². The minimum Gasteiger partial charge on any atom is -0.459 e. The molecule has 2 saturated carbocycles. The molecule has 0 radical (unpaired) electrons. The molecule has 0 amide bonds. The first-order chi connectivity index (χ1) is 16.2. The maximum atomic E-state index is 14.2. The van der Waals surface area contributed by atoms with Crippen molar-refractivity contribution < 1.29 is 53.8 Å². The summed E-state index contributed by atoms with van der Waals surface area (Å²) < 4.78 is 137. The van der Waals surface area contributed by atoms with E-state index in [0.29, 0.717) is 6.92 Å². The van der Waals surface area contributed by atoms with Crippen molar-refractivity contribution in [1.29, 1.82) is 0 Å². The molecular weight excluding hydrogens is 519 g/mol. The lowest BCUT2D eigenvalue weighted by Crippen LogP contribution is -2.62. The molecule has 0 aromatic heterocycles. The Labute approximate surface area is 211 Å². The van der Waals surface area contributed by atoms with Gasteiger partial charge in [-0.15, -0.1) is 0 Å². The molecule has 0 aromatic carbocycles. The number of esters is 1. The Morgan fingerprint density at radius 1 is 0.730 bits per heavy atom. The van der Waals surface area contributed by atoms with Gasteiger partial charge in [0, 0.05) is 0 Å². The summed E-state index contributed by atoms with van der Waals surface area (Å²) in [6.45, 7) is 9.79. The van der Waals surface area contributed by atoms with Crippen LogP contribution in [0.25, 0.3) is 0 Å². The van der Waals surface area contributed by atoms with Gasteiger partial charge in [0.2, 0.25) is 0 Å². The van der Waals surface area contributed by atoms with Gasteiger partial charge in [-0.2, -0.15) is 39.5 Å². The Bertz CT molecular complexity index is 819. The van der Waals surface area contributed by atoms with Crippen LogP contribution in [0.1, 0.15) is 81.1 Å². The van der Waals surface area contributed by atoms with Gasteiger partial charge in [-0.25, -0.2) is 0 Å². The molecule has 2 aliphatic rings. The molecule has 0 aliphatic heterocycles. The smallest absolute Gasteiger partial charge is 0.426 e. The fourth-order valence-electron chi connectivity index (χ4n) is 6.09. The zero-order chi connectivity index (χ0) is 29.2. The van der Waals surface area contributed by atoms with Crippen molar-refractivity contribution in [3.8, 4) is 0 Å². The number of ether oxygens (including phenoxy) is 2. The highest BCUT2D eigenvalue weighted by molar-refractivity contribution is 5.78. The maximum Gasteiger partial charge on any atom is 0.426 e. The van der Waals surface area contributed by atoms with Gasteiger partial charge in [0.1, 0.15) is 5.60 Å². The van der Waals surface area contributed by atoms with Gasteiger partial charge >= 0.3 is 24.5 Å². The van der Waals surface area contributed by atoms with Gasteiger partial charge in [-0.1, -0.05) is 6.92 Å². The predicted molar refractivity (Wildman–Crippen MR) is 117 cm³/mol. The van der Waals surface area contributed by atoms with Crippen LogP contribution in [-0.4, -0.2) is 41.3 Å². The van der Waals surface area contributed by atoms with Crippen molar-refractivity contribution in [2.45, 2.75) is 116 Å². The number of fused-ring (bicyclic) bond motifs is 2. The summed E-state index contributed by atoms with van der Waals surface area (Å²) >= 11 is 0. The molecule has 0 N–H and O–H groups in total. The first kappa shape index (κ1) is 32.0. The normalized spacial score (nSPS) is 29.4. The molecule has 37 heavy (non-hydrogen) atoms. The van der Waals surface area contributed by atoms with Crippen molar-refractivity contribution >= 4 is 5.97 Å². The number of hydrogen-bond acceptors (Lipinski definition) is 3. The van der Waals surface area contributed by atoms with E-state index >= 15 is 0 Å². The maximum absolute atomic E-state index is 14.2. The Morgan fingerprint density at radius 2 is 1.22 bits per heavy atom. The topological polar surface area (TPSA) is 35.5 Å². The SMILES string of the molecule is CC1C2CC(CC(OC(C)(C)C)(C(F)(F)F)C(F)(F)F)C(C2)C1CC(C)(C(=O)OC(C)(C)C)C(F)(F)F. The van der Waals surface area contributed by atoms with Crippen LogP contribution in [0.15, 0.2) is 0 Å².